The molecule has 7 rings (SSSR count). The predicted octanol–water partition coefficient (Wildman–Crippen LogP) is 2.09. The summed E-state index contributed by atoms with van der Waals surface area (Å²) in [5, 5.41) is 49.8. The Morgan fingerprint density at radius 2 is 0.716 bits per heavy atom. The topological polar surface area (TPSA) is 376 Å². The van der Waals surface area contributed by atoms with Gasteiger partial charge in [0, 0.05) is 55.0 Å². The molecule has 1 saturated heterocycles. The van der Waals surface area contributed by atoms with E-state index in [2.05, 4.69) is 52.8 Å². The van der Waals surface area contributed by atoms with Gasteiger partial charge in [-0.05, 0) is 72.4 Å². The molecule has 0 bridgehead atoms. The Hall–Kier alpha value is -9.73. The summed E-state index contributed by atoms with van der Waals surface area (Å²) in [5.74, 6) is -7.37. The fourth-order valence-corrected chi connectivity index (χ4v) is 10.1. The molecule has 22 heteroatoms. The molecule has 6 atom stereocenters. The van der Waals surface area contributed by atoms with Crippen molar-refractivity contribution >= 4 is 64.2 Å². The summed E-state index contributed by atoms with van der Waals surface area (Å²) in [6.45, 7) is 0.396. The highest BCUT2D eigenvalue weighted by Crippen LogP contribution is 2.31. The molecular weight excluding hydrogens is 1030 g/mol. The molecule has 1 fully saturated rings. The quantitative estimate of drug-likeness (QED) is 0.0297. The van der Waals surface area contributed by atoms with Gasteiger partial charge in [-0.2, -0.15) is 0 Å². The molecule has 0 aliphatic carbocycles. The molecule has 6 aromatic rings. The van der Waals surface area contributed by atoms with Crippen LogP contribution in [0.1, 0.15) is 78.2 Å². The Balaban J connectivity index is 1.41. The first-order valence-electron chi connectivity index (χ1n) is 27.0. The van der Waals surface area contributed by atoms with E-state index in [0.717, 1.165) is 10.9 Å². The number of hydrogen-bond donors (Lipinski definition) is 16. The lowest BCUT2D eigenvalue weighted by Crippen LogP contribution is -2.63. The zero-order chi connectivity index (χ0) is 57.7. The molecule has 81 heavy (non-hydrogen) atoms. The second-order valence-electron chi connectivity index (χ2n) is 19.8. The van der Waals surface area contributed by atoms with Crippen molar-refractivity contribution < 1.29 is 28.8 Å². The Morgan fingerprint density at radius 1 is 0.407 bits per heavy atom. The number of nitrogens with two attached hydrogens (primary N) is 3. The lowest BCUT2D eigenvalue weighted by atomic mass is 9.83. The summed E-state index contributed by atoms with van der Waals surface area (Å²) in [6, 6.07) is 35.3. The van der Waals surface area contributed by atoms with Gasteiger partial charge in [-0.3, -0.25) is 45.0 Å². The van der Waals surface area contributed by atoms with Crippen molar-refractivity contribution in [1.82, 2.24) is 52.8 Å². The van der Waals surface area contributed by atoms with Crippen LogP contribution in [0.3, 0.4) is 0 Å². The van der Waals surface area contributed by atoms with Gasteiger partial charge < -0.3 is 70.0 Å². The Labute approximate surface area is 469 Å². The number of aromatic nitrogens is 1. The molecule has 1 aliphatic heterocycles. The van der Waals surface area contributed by atoms with Crippen LogP contribution < -0.4 is 65.1 Å². The van der Waals surface area contributed by atoms with Crippen LogP contribution in [-0.2, 0) is 35.2 Å². The fourth-order valence-electron chi connectivity index (χ4n) is 10.1. The lowest BCUT2D eigenvalue weighted by Gasteiger charge is -2.34. The molecule has 5 aromatic carbocycles. The monoisotopic (exact) mass is 1100 g/mol. The van der Waals surface area contributed by atoms with Crippen LogP contribution in [0.5, 0.6) is 0 Å². The van der Waals surface area contributed by atoms with Gasteiger partial charge in [0.05, 0.1) is 0 Å². The van der Waals surface area contributed by atoms with E-state index in [-0.39, 0.29) is 82.5 Å². The number of benzene rings is 5. The first-order valence-corrected chi connectivity index (χ1v) is 27.0. The number of guanidine groups is 3. The highest BCUT2D eigenvalue weighted by molar-refractivity contribution is 5.99. The van der Waals surface area contributed by atoms with Crippen LogP contribution in [0.15, 0.2) is 152 Å². The Morgan fingerprint density at radius 3 is 1.09 bits per heavy atom. The molecule has 19 N–H and O–H groups in total. The van der Waals surface area contributed by atoms with Crippen LogP contribution in [-0.4, -0.2) is 114 Å². The number of nitrogens with one attached hydrogen (secondary N) is 13. The fraction of sp³-hybridized carbons (Fsp3) is 0.305. The van der Waals surface area contributed by atoms with Gasteiger partial charge in [0.2, 0.25) is 35.4 Å². The Kier molecular flexibility index (Phi) is 21.3. The summed E-state index contributed by atoms with van der Waals surface area (Å²) in [5.41, 5.74) is 20.8. The minimum absolute atomic E-state index is 0.0413. The van der Waals surface area contributed by atoms with Gasteiger partial charge in [0.1, 0.15) is 36.3 Å². The standard InChI is InChI=1S/C59H72N16O6/c60-57(61)66-31-15-28-43-51(76)71-45(30-17-33-68-59(64)65)53(78)74-50(48(38-22-9-3-10-23-38)39-24-11-4-12-25-39)56(81)73-46(34-40-35-69-42-27-14-13-26-41(40)42)54(79)75-49(47(36-18-5-1-6-19-36)37-20-7-2-8-21-37)55(80)72-44(52(77)70-43)29-16-32-67-58(62)63/h1-14,18-27,35,43-50,69H,15-17,28-34H2,(H,70,77)(H,71,76)(H,72,80)(H,73,81)(H,74,78)(H,75,79)(H4,60,61,66)(H4,62,63,67)(H4,64,65,68)/t43-,44-,45-,46-,49-,50-/m0/s1. The molecule has 1 aromatic heterocycles. The number of aromatic amines is 1. The van der Waals surface area contributed by atoms with Crippen LogP contribution >= 0.6 is 0 Å². The second kappa shape index (κ2) is 29.3. The third kappa shape index (κ3) is 16.9. The zero-order valence-corrected chi connectivity index (χ0v) is 44.8. The van der Waals surface area contributed by atoms with E-state index in [1.54, 1.807) is 54.7 Å². The summed E-state index contributed by atoms with van der Waals surface area (Å²) < 4.78 is 0. The van der Waals surface area contributed by atoms with Crippen molar-refractivity contribution in [2.45, 2.75) is 93.0 Å². The van der Waals surface area contributed by atoms with E-state index in [1.165, 1.54) is 0 Å². The molecule has 0 saturated carbocycles. The minimum Gasteiger partial charge on any atom is -0.370 e. The second-order valence-corrected chi connectivity index (χ2v) is 19.8. The van der Waals surface area contributed by atoms with Crippen molar-refractivity contribution in [3.63, 3.8) is 0 Å². The number of fused-ring (bicyclic) bond motifs is 1. The molecule has 424 valence electrons. The Bertz CT molecular complexity index is 2930. The van der Waals surface area contributed by atoms with Gasteiger partial charge in [0.15, 0.2) is 17.9 Å². The van der Waals surface area contributed by atoms with Crippen molar-refractivity contribution in [3.8, 4) is 0 Å². The highest BCUT2D eigenvalue weighted by Gasteiger charge is 2.41. The predicted molar refractivity (Wildman–Crippen MR) is 310 cm³/mol. The van der Waals surface area contributed by atoms with Crippen molar-refractivity contribution in [1.29, 1.82) is 16.2 Å². The third-order valence-electron chi connectivity index (χ3n) is 14.0. The van der Waals surface area contributed by atoms with Crippen molar-refractivity contribution in [3.05, 3.63) is 180 Å². The number of para-hydroxylation sites is 1. The largest absolute Gasteiger partial charge is 0.370 e. The van der Waals surface area contributed by atoms with Crippen molar-refractivity contribution in [2.75, 3.05) is 19.6 Å². The van der Waals surface area contributed by atoms with Gasteiger partial charge in [-0.25, -0.2) is 0 Å². The smallest absolute Gasteiger partial charge is 0.244 e. The average Bonchev–Trinajstić information content (AvgIpc) is 4.01. The van der Waals surface area contributed by atoms with Gasteiger partial charge in [-0.1, -0.05) is 140 Å². The molecule has 0 spiro atoms. The van der Waals surface area contributed by atoms with E-state index in [1.807, 2.05) is 97.1 Å². The maximum Gasteiger partial charge on any atom is 0.244 e. The number of carbonyl (C=O) groups excluding carboxylic acids is 6. The van der Waals surface area contributed by atoms with Gasteiger partial charge in [0.25, 0.3) is 0 Å². The molecule has 22 nitrogen and oxygen atoms in total. The number of carbonyl (C=O) groups is 6. The number of H-pyrrole nitrogens is 1. The van der Waals surface area contributed by atoms with Gasteiger partial charge in [-0.15, -0.1) is 0 Å². The summed E-state index contributed by atoms with van der Waals surface area (Å²) in [7, 11) is 0. The van der Waals surface area contributed by atoms with E-state index < -0.39 is 83.5 Å². The highest BCUT2D eigenvalue weighted by atomic mass is 16.2. The zero-order valence-electron chi connectivity index (χ0n) is 44.8. The SMILES string of the molecule is N=C(N)NCCC[C@@H]1NC(=O)[C@H](CCCNC(=N)N)NC(=O)[C@H](C(c2ccccc2)c2ccccc2)NC(=O)[C@H](Cc2c[nH]c3ccccc23)NC(=O)[C@H](C(c2ccccc2)c2ccccc2)NC(=O)[C@H](CCCNC(=N)N)NC1=O. The maximum absolute atomic E-state index is 15.8. The number of amides is 6. The number of rotatable bonds is 20. The summed E-state index contributed by atoms with van der Waals surface area (Å²) in [4.78, 5) is 95.3. The normalized spacial score (nSPS) is 19.4. The van der Waals surface area contributed by atoms with Crippen LogP contribution in [0.4, 0.5) is 0 Å². The molecule has 2 heterocycles. The van der Waals surface area contributed by atoms with Crippen LogP contribution in [0.2, 0.25) is 0 Å². The van der Waals surface area contributed by atoms with E-state index in [9.17, 15) is 9.59 Å². The first kappa shape index (κ1) is 58.9. The van der Waals surface area contributed by atoms with Crippen molar-refractivity contribution in [2.24, 2.45) is 17.2 Å². The first-order chi connectivity index (χ1) is 39.2. The average molecular weight is 1100 g/mol. The molecule has 1 aliphatic rings. The van der Waals surface area contributed by atoms with Gasteiger partial charge >= 0.3 is 0 Å². The van der Waals surface area contributed by atoms with E-state index >= 15 is 19.2 Å². The summed E-state index contributed by atoms with van der Waals surface area (Å²) in [6.07, 6.45) is 2.10. The van der Waals surface area contributed by atoms with Crippen LogP contribution in [0, 0.1) is 16.2 Å². The maximum atomic E-state index is 15.8. The molecular formula is C59H72N16O6. The number of hydrogen-bond acceptors (Lipinski definition) is 9. The molecule has 0 radical (unpaired) electrons. The third-order valence-corrected chi connectivity index (χ3v) is 14.0. The summed E-state index contributed by atoms with van der Waals surface area (Å²) >= 11 is 0. The molecule has 0 unspecified atom stereocenters. The molecule has 6 amide bonds. The van der Waals surface area contributed by atoms with E-state index in [4.69, 9.17) is 33.4 Å². The lowest BCUT2D eigenvalue weighted by molar-refractivity contribution is -0.137. The van der Waals surface area contributed by atoms with Crippen LogP contribution in [0.25, 0.3) is 10.9 Å². The van der Waals surface area contributed by atoms with E-state index in [0.29, 0.717) is 27.8 Å². The minimum atomic E-state index is -1.47.